The second-order valence-corrected chi connectivity index (χ2v) is 31.3. The molecule has 4 aromatic heterocycles. The van der Waals surface area contributed by atoms with Gasteiger partial charge in [0, 0.05) is 50.6 Å². The maximum absolute atomic E-state index is 5.90. The lowest BCUT2D eigenvalue weighted by atomic mass is 9.67. The van der Waals surface area contributed by atoms with Gasteiger partial charge in [-0.25, -0.2) is 9.97 Å². The number of aromatic nitrogens is 4. The van der Waals surface area contributed by atoms with E-state index in [1.807, 2.05) is 24.5 Å². The highest BCUT2D eigenvalue weighted by Crippen LogP contribution is 2.64. The molecule has 524 valence electrons. The molecule has 0 bridgehead atoms. The van der Waals surface area contributed by atoms with E-state index in [9.17, 15) is 0 Å². The van der Waals surface area contributed by atoms with E-state index in [0.717, 1.165) is 93.9 Å². The van der Waals surface area contributed by atoms with Crippen molar-refractivity contribution in [3.63, 3.8) is 0 Å². The maximum Gasteiger partial charge on any atom is 0.0972 e. The van der Waals surface area contributed by atoms with Crippen LogP contribution in [0.2, 0.25) is 0 Å². The minimum Gasteiger partial charge on any atom is -0.254 e. The first kappa shape index (κ1) is 63.0. The molecule has 4 nitrogen and oxygen atoms in total. The molecule has 0 N–H and O–H groups in total. The number of fused-ring (bicyclic) bond motifs is 31. The molecule has 3 aliphatic rings. The summed E-state index contributed by atoms with van der Waals surface area (Å²) >= 11 is 0. The minimum atomic E-state index is -0.629. The monoisotopic (exact) mass is 1440 g/mol. The molecule has 4 heteroatoms. The lowest BCUT2D eigenvalue weighted by Crippen LogP contribution is -2.28. The largest absolute Gasteiger partial charge is 0.254 e. The van der Waals surface area contributed by atoms with Crippen molar-refractivity contribution in [2.75, 3.05) is 0 Å². The van der Waals surface area contributed by atoms with Gasteiger partial charge in [-0.15, -0.1) is 0 Å². The second-order valence-electron chi connectivity index (χ2n) is 31.3. The Hall–Kier alpha value is -14.8. The molecule has 0 unspecified atom stereocenters. The number of hydrogen-bond donors (Lipinski definition) is 0. The summed E-state index contributed by atoms with van der Waals surface area (Å²) < 4.78 is 0. The van der Waals surface area contributed by atoms with Gasteiger partial charge in [-0.3, -0.25) is 9.97 Å². The third-order valence-electron chi connectivity index (χ3n) is 25.8. The normalized spacial score (nSPS) is 13.4. The van der Waals surface area contributed by atoms with Crippen molar-refractivity contribution in [3.8, 4) is 89.3 Å². The van der Waals surface area contributed by atoms with E-state index in [0.29, 0.717) is 0 Å². The Morgan fingerprint density at radius 2 is 0.518 bits per heavy atom. The van der Waals surface area contributed by atoms with Crippen LogP contribution >= 0.6 is 0 Å². The molecule has 0 atom stereocenters. The Labute approximate surface area is 656 Å². The molecule has 3 aliphatic carbocycles. The summed E-state index contributed by atoms with van der Waals surface area (Å²) in [6, 6.07) is 141. The number of pyridine rings is 4. The van der Waals surface area contributed by atoms with Crippen LogP contribution < -0.4 is 0 Å². The second kappa shape index (κ2) is 23.8. The lowest BCUT2D eigenvalue weighted by Gasteiger charge is -2.34. The highest BCUT2D eigenvalue weighted by molar-refractivity contribution is 6.28. The fourth-order valence-electron chi connectivity index (χ4n) is 20.8. The topological polar surface area (TPSA) is 51.6 Å². The molecule has 0 aliphatic heterocycles. The van der Waals surface area contributed by atoms with Crippen LogP contribution in [0.4, 0.5) is 0 Å². The van der Waals surface area contributed by atoms with Crippen molar-refractivity contribution in [2.24, 2.45) is 0 Å². The van der Waals surface area contributed by atoms with E-state index in [1.165, 1.54) is 148 Å². The molecule has 114 heavy (non-hydrogen) atoms. The van der Waals surface area contributed by atoms with E-state index in [-0.39, 0.29) is 0 Å². The van der Waals surface area contributed by atoms with Crippen molar-refractivity contribution in [1.82, 2.24) is 19.9 Å². The van der Waals surface area contributed by atoms with Gasteiger partial charge in [0.05, 0.1) is 44.3 Å². The molecule has 1 spiro atoms. The smallest absolute Gasteiger partial charge is 0.0972 e. The maximum atomic E-state index is 5.90. The van der Waals surface area contributed by atoms with Crippen LogP contribution in [-0.4, -0.2) is 19.9 Å². The molecule has 25 rings (SSSR count). The van der Waals surface area contributed by atoms with Gasteiger partial charge in [0.2, 0.25) is 0 Å². The summed E-state index contributed by atoms with van der Waals surface area (Å²) in [5.74, 6) is 0. The van der Waals surface area contributed by atoms with Gasteiger partial charge in [-0.1, -0.05) is 309 Å². The first-order valence-electron chi connectivity index (χ1n) is 39.5. The summed E-state index contributed by atoms with van der Waals surface area (Å²) in [4.78, 5) is 21.2. The Morgan fingerprint density at radius 1 is 0.175 bits per heavy atom. The zero-order valence-corrected chi connectivity index (χ0v) is 61.7. The number of rotatable bonds is 7. The molecule has 18 aromatic carbocycles. The summed E-state index contributed by atoms with van der Waals surface area (Å²) in [5.41, 5.74) is 30.7. The standard InChI is InChI=1S/C110H64N4/c1-3-21-76(22-4-1)109(77-23-5-2-6-24-77)99-50-42-70(68-39-47-84-80-27-8-7-25-78(80)79-26-9-10-28-81(79)90(84)57-68)59-93(99)96-64-74(45-53-100(96)109)104-89(63-75-38-37-66-20-18-56-112-106(66)108(75)114-104)72-41-49-86-85-48-40-69(58-91(85)82-29-11-12-30-83(82)92(86)61-72)71-43-51-101-94(60-71)95-62-73(103-54-46-67-36-35-65-19-17-55-111-105(65)107(67)113-103)44-52-102(95)110(101)97-33-15-13-31-87(97)88-32-14-16-34-98(88)110/h1-64H. The van der Waals surface area contributed by atoms with E-state index in [1.54, 1.807) is 0 Å². The van der Waals surface area contributed by atoms with Gasteiger partial charge in [0.1, 0.15) is 0 Å². The summed E-state index contributed by atoms with van der Waals surface area (Å²) in [5, 5.41) is 19.0. The average Bonchev–Trinajstić information content (AvgIpc) is 1.51. The predicted octanol–water partition coefficient (Wildman–Crippen LogP) is 27.8. The molecule has 22 aromatic rings. The van der Waals surface area contributed by atoms with Gasteiger partial charge in [0.15, 0.2) is 0 Å². The molecule has 0 fully saturated rings. The fraction of sp³-hybridized carbons (Fsp3) is 0.0182. The lowest BCUT2D eigenvalue weighted by molar-refractivity contribution is 0.768. The average molecular weight is 1440 g/mol. The van der Waals surface area contributed by atoms with Crippen molar-refractivity contribution >= 4 is 108 Å². The van der Waals surface area contributed by atoms with E-state index >= 15 is 0 Å². The predicted molar refractivity (Wildman–Crippen MR) is 473 cm³/mol. The van der Waals surface area contributed by atoms with E-state index in [2.05, 4.69) is 364 Å². The highest BCUT2D eigenvalue weighted by atomic mass is 14.8. The van der Waals surface area contributed by atoms with Gasteiger partial charge in [0.25, 0.3) is 0 Å². The Morgan fingerprint density at radius 3 is 1.03 bits per heavy atom. The van der Waals surface area contributed by atoms with Crippen LogP contribution in [0.25, 0.3) is 198 Å². The van der Waals surface area contributed by atoms with Crippen LogP contribution in [0.1, 0.15) is 44.5 Å². The van der Waals surface area contributed by atoms with Gasteiger partial charge in [-0.2, -0.15) is 0 Å². The quantitative estimate of drug-likeness (QED) is 0.149. The zero-order chi connectivity index (χ0) is 74.5. The summed E-state index contributed by atoms with van der Waals surface area (Å²) in [6.07, 6.45) is 3.76. The number of hydrogen-bond acceptors (Lipinski definition) is 4. The molecule has 0 radical (unpaired) electrons. The van der Waals surface area contributed by atoms with Crippen LogP contribution in [-0.2, 0) is 10.8 Å². The molecule has 0 saturated heterocycles. The van der Waals surface area contributed by atoms with Gasteiger partial charge in [-0.05, 0) is 237 Å². The molecular weight excluding hydrogens is 1380 g/mol. The van der Waals surface area contributed by atoms with Crippen molar-refractivity contribution in [1.29, 1.82) is 0 Å². The first-order valence-corrected chi connectivity index (χ1v) is 39.5. The van der Waals surface area contributed by atoms with Crippen LogP contribution in [0.3, 0.4) is 0 Å². The van der Waals surface area contributed by atoms with Gasteiger partial charge < -0.3 is 0 Å². The Bertz CT molecular complexity index is 7850. The van der Waals surface area contributed by atoms with E-state index < -0.39 is 10.8 Å². The SMILES string of the molecule is c1ccc(C2(c3ccccc3)c3ccc(-c4ccc5c6ccccc6c6ccccc6c5c4)cc3-c3cc(-c4nc5c(ccc6cccnc65)cc4-c4ccc5c6ccc(-c7ccc8c(c7)-c7cc(-c9ccc%10ccc%11cccnc%11c%10n9)ccc7C87c8ccccc8-c8ccccc87)cc6c6ccccc6c5c4)ccc32)cc1. The third-order valence-corrected chi connectivity index (χ3v) is 25.8. The van der Waals surface area contributed by atoms with E-state index in [4.69, 9.17) is 19.9 Å². The minimum absolute atomic E-state index is 0.512. The summed E-state index contributed by atoms with van der Waals surface area (Å²) in [6.45, 7) is 0. The Kier molecular flexibility index (Phi) is 13.2. The van der Waals surface area contributed by atoms with Gasteiger partial charge >= 0.3 is 0 Å². The Balaban J connectivity index is 0.657. The highest BCUT2D eigenvalue weighted by Gasteiger charge is 2.52. The summed E-state index contributed by atoms with van der Waals surface area (Å²) in [7, 11) is 0. The van der Waals surface area contributed by atoms with Crippen LogP contribution in [0.5, 0.6) is 0 Å². The number of benzene rings is 18. The van der Waals surface area contributed by atoms with Crippen molar-refractivity contribution < 1.29 is 0 Å². The first-order chi connectivity index (χ1) is 56.5. The number of nitrogens with zero attached hydrogens (tertiary/aromatic N) is 4. The van der Waals surface area contributed by atoms with Crippen LogP contribution in [0.15, 0.2) is 389 Å². The molecular formula is C110H64N4. The van der Waals surface area contributed by atoms with Crippen molar-refractivity contribution in [2.45, 2.75) is 10.8 Å². The van der Waals surface area contributed by atoms with Crippen molar-refractivity contribution in [3.05, 3.63) is 433 Å². The molecule has 0 amide bonds. The van der Waals surface area contributed by atoms with Crippen LogP contribution in [0, 0.1) is 0 Å². The third kappa shape index (κ3) is 8.76. The molecule has 0 saturated carbocycles. The fourth-order valence-corrected chi connectivity index (χ4v) is 20.8. The molecule has 4 heterocycles. The zero-order valence-electron chi connectivity index (χ0n) is 61.7.